The first-order valence-corrected chi connectivity index (χ1v) is 7.03. The van der Waals surface area contributed by atoms with Crippen LogP contribution in [0.1, 0.15) is 30.6 Å². The standard InChI is InChI=1S/C15H22N2O3/c1-3-20-15(19)11-5-4-6-12(16)14(11)17-8-7-10(2)13(17)9-18/h4-6,10,13,18H,3,7-9,16H2,1-2H3. The molecule has 1 fully saturated rings. The van der Waals surface area contributed by atoms with Gasteiger partial charge in [0.2, 0.25) is 0 Å². The van der Waals surface area contributed by atoms with Crippen molar-refractivity contribution in [3.05, 3.63) is 23.8 Å². The maximum atomic E-state index is 12.1. The first kappa shape index (κ1) is 14.7. The van der Waals surface area contributed by atoms with Gasteiger partial charge in [0.1, 0.15) is 0 Å². The van der Waals surface area contributed by atoms with Gasteiger partial charge in [0.25, 0.3) is 0 Å². The second-order valence-corrected chi connectivity index (χ2v) is 5.17. The summed E-state index contributed by atoms with van der Waals surface area (Å²) in [4.78, 5) is 14.1. The van der Waals surface area contributed by atoms with Gasteiger partial charge in [0.15, 0.2) is 0 Å². The van der Waals surface area contributed by atoms with E-state index in [1.807, 2.05) is 4.90 Å². The summed E-state index contributed by atoms with van der Waals surface area (Å²) in [5.41, 5.74) is 7.77. The fourth-order valence-electron chi connectivity index (χ4n) is 2.82. The molecule has 110 valence electrons. The lowest BCUT2D eigenvalue weighted by molar-refractivity contribution is 0.0527. The highest BCUT2D eigenvalue weighted by molar-refractivity contribution is 5.99. The number of benzene rings is 1. The predicted molar refractivity (Wildman–Crippen MR) is 78.8 cm³/mol. The summed E-state index contributed by atoms with van der Waals surface area (Å²) < 4.78 is 5.10. The number of para-hydroxylation sites is 1. The highest BCUT2D eigenvalue weighted by Crippen LogP contribution is 2.36. The van der Waals surface area contributed by atoms with E-state index < -0.39 is 0 Å². The molecule has 1 saturated heterocycles. The minimum absolute atomic E-state index is 0.00660. The van der Waals surface area contributed by atoms with E-state index in [4.69, 9.17) is 10.5 Å². The zero-order valence-electron chi connectivity index (χ0n) is 12.0. The van der Waals surface area contributed by atoms with Crippen LogP contribution in [0.2, 0.25) is 0 Å². The van der Waals surface area contributed by atoms with Gasteiger partial charge in [-0.25, -0.2) is 4.79 Å². The number of nitrogens with zero attached hydrogens (tertiary/aromatic N) is 1. The Kier molecular flexibility index (Phi) is 4.49. The molecular formula is C15H22N2O3. The lowest BCUT2D eigenvalue weighted by Crippen LogP contribution is -2.36. The number of hydrogen-bond acceptors (Lipinski definition) is 5. The van der Waals surface area contributed by atoms with Gasteiger partial charge in [0.05, 0.1) is 36.2 Å². The van der Waals surface area contributed by atoms with Crippen molar-refractivity contribution in [3.8, 4) is 0 Å². The van der Waals surface area contributed by atoms with E-state index in [9.17, 15) is 9.90 Å². The van der Waals surface area contributed by atoms with E-state index in [0.717, 1.165) is 13.0 Å². The quantitative estimate of drug-likeness (QED) is 0.647. The molecule has 0 radical (unpaired) electrons. The summed E-state index contributed by atoms with van der Waals surface area (Å²) in [5.74, 6) is 0.000643. The second kappa shape index (κ2) is 6.13. The van der Waals surface area contributed by atoms with Crippen molar-refractivity contribution in [1.82, 2.24) is 0 Å². The maximum absolute atomic E-state index is 12.1. The average Bonchev–Trinajstić information content (AvgIpc) is 2.79. The number of hydrogen-bond donors (Lipinski definition) is 2. The molecule has 1 heterocycles. The summed E-state index contributed by atoms with van der Waals surface area (Å²) in [6, 6.07) is 5.24. The van der Waals surface area contributed by atoms with Gasteiger partial charge in [-0.05, 0) is 31.4 Å². The highest BCUT2D eigenvalue weighted by atomic mass is 16.5. The zero-order chi connectivity index (χ0) is 14.7. The van der Waals surface area contributed by atoms with Gasteiger partial charge in [-0.1, -0.05) is 13.0 Å². The van der Waals surface area contributed by atoms with E-state index >= 15 is 0 Å². The molecule has 1 aromatic carbocycles. The minimum Gasteiger partial charge on any atom is -0.462 e. The third-order valence-electron chi connectivity index (χ3n) is 3.92. The SMILES string of the molecule is CCOC(=O)c1cccc(N)c1N1CCC(C)C1CO. The summed E-state index contributed by atoms with van der Waals surface area (Å²) in [5, 5.41) is 9.59. The number of ether oxygens (including phenoxy) is 1. The Morgan fingerprint density at radius 1 is 1.55 bits per heavy atom. The van der Waals surface area contributed by atoms with E-state index in [-0.39, 0.29) is 18.6 Å². The summed E-state index contributed by atoms with van der Waals surface area (Å²) in [6.07, 6.45) is 0.974. The number of carbonyl (C=O) groups is 1. The summed E-state index contributed by atoms with van der Waals surface area (Å²) in [7, 11) is 0. The number of nitrogens with two attached hydrogens (primary N) is 1. The van der Waals surface area contributed by atoms with Crippen LogP contribution in [0.3, 0.4) is 0 Å². The van der Waals surface area contributed by atoms with Crippen molar-refractivity contribution in [1.29, 1.82) is 0 Å². The Labute approximate surface area is 119 Å². The van der Waals surface area contributed by atoms with Crippen LogP contribution in [0, 0.1) is 5.92 Å². The molecule has 0 spiro atoms. The molecule has 0 amide bonds. The molecule has 2 atom stereocenters. The Bertz CT molecular complexity index is 490. The summed E-state index contributed by atoms with van der Waals surface area (Å²) in [6.45, 7) is 5.04. The molecule has 1 aliphatic rings. The number of nitrogen functional groups attached to an aromatic ring is 1. The number of aliphatic hydroxyl groups is 1. The first-order valence-electron chi connectivity index (χ1n) is 7.03. The molecular weight excluding hydrogens is 256 g/mol. The fourth-order valence-corrected chi connectivity index (χ4v) is 2.82. The van der Waals surface area contributed by atoms with Crippen molar-refractivity contribution >= 4 is 17.3 Å². The van der Waals surface area contributed by atoms with Crippen molar-refractivity contribution < 1.29 is 14.6 Å². The molecule has 5 heteroatoms. The molecule has 1 aliphatic heterocycles. The lowest BCUT2D eigenvalue weighted by Gasteiger charge is -2.29. The van der Waals surface area contributed by atoms with Gasteiger partial charge in [-0.3, -0.25) is 0 Å². The van der Waals surface area contributed by atoms with Crippen LogP contribution in [0.15, 0.2) is 18.2 Å². The molecule has 2 unspecified atom stereocenters. The molecule has 20 heavy (non-hydrogen) atoms. The minimum atomic E-state index is -0.369. The first-order chi connectivity index (χ1) is 9.60. The van der Waals surface area contributed by atoms with Crippen LogP contribution in [0.4, 0.5) is 11.4 Å². The highest BCUT2D eigenvalue weighted by Gasteiger charge is 2.34. The molecule has 0 aromatic heterocycles. The zero-order valence-corrected chi connectivity index (χ0v) is 12.0. The Balaban J connectivity index is 2.42. The van der Waals surface area contributed by atoms with Gasteiger partial charge in [0, 0.05) is 6.54 Å². The second-order valence-electron chi connectivity index (χ2n) is 5.17. The smallest absolute Gasteiger partial charge is 0.340 e. The van der Waals surface area contributed by atoms with E-state index in [0.29, 0.717) is 29.5 Å². The van der Waals surface area contributed by atoms with Gasteiger partial charge in [-0.15, -0.1) is 0 Å². The van der Waals surface area contributed by atoms with E-state index in [1.165, 1.54) is 0 Å². The van der Waals surface area contributed by atoms with Gasteiger partial charge in [-0.2, -0.15) is 0 Å². The number of rotatable bonds is 4. The Morgan fingerprint density at radius 2 is 2.30 bits per heavy atom. The summed E-state index contributed by atoms with van der Waals surface area (Å²) >= 11 is 0. The Hall–Kier alpha value is -1.75. The molecule has 0 aliphatic carbocycles. The van der Waals surface area contributed by atoms with Crippen LogP contribution in [-0.4, -0.2) is 36.9 Å². The van der Waals surface area contributed by atoms with E-state index in [2.05, 4.69) is 6.92 Å². The lowest BCUT2D eigenvalue weighted by atomic mass is 10.0. The maximum Gasteiger partial charge on any atom is 0.340 e. The number of carbonyl (C=O) groups excluding carboxylic acids is 1. The number of aliphatic hydroxyl groups excluding tert-OH is 1. The molecule has 3 N–H and O–H groups in total. The number of anilines is 2. The third kappa shape index (κ3) is 2.58. The Morgan fingerprint density at radius 3 is 2.95 bits per heavy atom. The topological polar surface area (TPSA) is 75.8 Å². The number of esters is 1. The van der Waals surface area contributed by atoms with Gasteiger partial charge >= 0.3 is 5.97 Å². The van der Waals surface area contributed by atoms with Crippen LogP contribution in [0.5, 0.6) is 0 Å². The molecule has 5 nitrogen and oxygen atoms in total. The van der Waals surface area contributed by atoms with Gasteiger partial charge < -0.3 is 20.5 Å². The van der Waals surface area contributed by atoms with Crippen molar-refractivity contribution in [2.75, 3.05) is 30.4 Å². The molecule has 1 aromatic rings. The van der Waals surface area contributed by atoms with Crippen molar-refractivity contribution in [2.45, 2.75) is 26.3 Å². The van der Waals surface area contributed by atoms with Crippen LogP contribution in [0.25, 0.3) is 0 Å². The van der Waals surface area contributed by atoms with Crippen molar-refractivity contribution in [2.24, 2.45) is 5.92 Å². The van der Waals surface area contributed by atoms with E-state index in [1.54, 1.807) is 25.1 Å². The van der Waals surface area contributed by atoms with Crippen LogP contribution >= 0.6 is 0 Å². The average molecular weight is 278 g/mol. The molecule has 0 saturated carbocycles. The largest absolute Gasteiger partial charge is 0.462 e. The monoisotopic (exact) mass is 278 g/mol. The fraction of sp³-hybridized carbons (Fsp3) is 0.533. The van der Waals surface area contributed by atoms with Crippen molar-refractivity contribution in [3.63, 3.8) is 0 Å². The van der Waals surface area contributed by atoms with Crippen LogP contribution in [-0.2, 0) is 4.74 Å². The predicted octanol–water partition coefficient (Wildman–Crippen LogP) is 1.65. The normalized spacial score (nSPS) is 22.1. The third-order valence-corrected chi connectivity index (χ3v) is 3.92. The molecule has 0 bridgehead atoms. The molecule has 2 rings (SSSR count). The van der Waals surface area contributed by atoms with Crippen LogP contribution < -0.4 is 10.6 Å².